The summed E-state index contributed by atoms with van der Waals surface area (Å²) in [7, 11) is 0. The summed E-state index contributed by atoms with van der Waals surface area (Å²) < 4.78 is 0. The monoisotopic (exact) mass is 241 g/mol. The normalized spacial score (nSPS) is 19.9. The fourth-order valence-electron chi connectivity index (χ4n) is 2.75. The van der Waals surface area contributed by atoms with Gasteiger partial charge in [-0.1, -0.05) is 30.7 Å². The molecule has 1 saturated heterocycles. The van der Waals surface area contributed by atoms with Crippen LogP contribution in [0.5, 0.6) is 0 Å². The predicted octanol–water partition coefficient (Wildman–Crippen LogP) is 3.20. The fourth-order valence-corrected chi connectivity index (χ4v) is 2.75. The number of benzene rings is 1. The Hall–Kier alpha value is -1.61. The third kappa shape index (κ3) is 2.06. The van der Waals surface area contributed by atoms with E-state index in [0.29, 0.717) is 6.04 Å². The average molecular weight is 241 g/mol. The predicted molar refractivity (Wildman–Crippen MR) is 73.4 cm³/mol. The smallest absolute Gasteiger partial charge is 0.0600 e. The Morgan fingerprint density at radius 1 is 1.17 bits per heavy atom. The topological polar surface area (TPSA) is 40.7 Å². The Balaban J connectivity index is 1.98. The van der Waals surface area contributed by atoms with E-state index in [1.165, 1.54) is 41.6 Å². The molecule has 94 valence electrons. The molecule has 0 bridgehead atoms. The summed E-state index contributed by atoms with van der Waals surface area (Å²) in [6, 6.07) is 8.92. The number of H-pyrrole nitrogens is 1. The lowest BCUT2D eigenvalue weighted by Crippen LogP contribution is -2.27. The van der Waals surface area contributed by atoms with Crippen LogP contribution in [0, 0.1) is 6.92 Å². The quantitative estimate of drug-likeness (QED) is 0.847. The van der Waals surface area contributed by atoms with E-state index in [9.17, 15) is 0 Å². The summed E-state index contributed by atoms with van der Waals surface area (Å²) in [4.78, 5) is 0. The number of rotatable bonds is 2. The molecule has 2 aromatic rings. The van der Waals surface area contributed by atoms with Crippen LogP contribution >= 0.6 is 0 Å². The van der Waals surface area contributed by atoms with Gasteiger partial charge in [0.1, 0.15) is 0 Å². The lowest BCUT2D eigenvalue weighted by molar-refractivity contribution is 0.405. The SMILES string of the molecule is Cc1ccccc1-c1cn[nH]c1C1CCCCN1. The second-order valence-corrected chi connectivity index (χ2v) is 5.01. The summed E-state index contributed by atoms with van der Waals surface area (Å²) in [5.74, 6) is 0. The van der Waals surface area contributed by atoms with Crippen molar-refractivity contribution in [3.05, 3.63) is 41.7 Å². The zero-order chi connectivity index (χ0) is 12.4. The maximum absolute atomic E-state index is 4.25. The third-order valence-electron chi connectivity index (χ3n) is 3.76. The van der Waals surface area contributed by atoms with Crippen molar-refractivity contribution in [2.45, 2.75) is 32.2 Å². The van der Waals surface area contributed by atoms with Gasteiger partial charge in [-0.2, -0.15) is 5.10 Å². The summed E-state index contributed by atoms with van der Waals surface area (Å²) in [5.41, 5.74) is 5.07. The molecule has 18 heavy (non-hydrogen) atoms. The van der Waals surface area contributed by atoms with Gasteiger partial charge in [0.2, 0.25) is 0 Å². The molecule has 3 rings (SSSR count). The first-order valence-corrected chi connectivity index (χ1v) is 6.69. The molecule has 1 aliphatic heterocycles. The van der Waals surface area contributed by atoms with Gasteiger partial charge in [-0.3, -0.25) is 5.10 Å². The van der Waals surface area contributed by atoms with Crippen LogP contribution in [0.25, 0.3) is 11.1 Å². The molecule has 0 amide bonds. The molecule has 1 aliphatic rings. The van der Waals surface area contributed by atoms with Crippen LogP contribution in [-0.4, -0.2) is 16.7 Å². The van der Waals surface area contributed by atoms with E-state index in [1.807, 2.05) is 6.20 Å². The number of nitrogens with one attached hydrogen (secondary N) is 2. The minimum atomic E-state index is 0.427. The second kappa shape index (κ2) is 4.94. The van der Waals surface area contributed by atoms with Gasteiger partial charge in [-0.15, -0.1) is 0 Å². The molecule has 2 N–H and O–H groups in total. The Kier molecular flexibility index (Phi) is 3.15. The van der Waals surface area contributed by atoms with Crippen LogP contribution in [0.3, 0.4) is 0 Å². The van der Waals surface area contributed by atoms with Crippen molar-refractivity contribution >= 4 is 0 Å². The van der Waals surface area contributed by atoms with Gasteiger partial charge in [0, 0.05) is 11.6 Å². The van der Waals surface area contributed by atoms with Gasteiger partial charge in [0.05, 0.1) is 11.9 Å². The lowest BCUT2D eigenvalue weighted by atomic mass is 9.94. The highest BCUT2D eigenvalue weighted by Gasteiger charge is 2.20. The standard InChI is InChI=1S/C15H19N3/c1-11-6-2-3-7-12(11)13-10-17-18-15(13)14-8-4-5-9-16-14/h2-3,6-7,10,14,16H,4-5,8-9H2,1H3,(H,17,18). The molecule has 0 aliphatic carbocycles. The van der Waals surface area contributed by atoms with Gasteiger partial charge < -0.3 is 5.32 Å². The maximum atomic E-state index is 4.25. The van der Waals surface area contributed by atoms with E-state index in [-0.39, 0.29) is 0 Å². The molecular weight excluding hydrogens is 222 g/mol. The molecule has 1 unspecified atom stereocenters. The van der Waals surface area contributed by atoms with Gasteiger partial charge >= 0.3 is 0 Å². The molecule has 1 aromatic carbocycles. The van der Waals surface area contributed by atoms with E-state index in [0.717, 1.165) is 6.54 Å². The molecule has 0 spiro atoms. The highest BCUT2D eigenvalue weighted by Crippen LogP contribution is 2.31. The summed E-state index contributed by atoms with van der Waals surface area (Å²) in [6.07, 6.45) is 5.73. The van der Waals surface area contributed by atoms with Crippen molar-refractivity contribution in [3.63, 3.8) is 0 Å². The highest BCUT2D eigenvalue weighted by molar-refractivity contribution is 5.69. The maximum Gasteiger partial charge on any atom is 0.0600 e. The van der Waals surface area contributed by atoms with Crippen LogP contribution < -0.4 is 5.32 Å². The third-order valence-corrected chi connectivity index (χ3v) is 3.76. The van der Waals surface area contributed by atoms with Crippen LogP contribution in [0.4, 0.5) is 0 Å². The molecule has 2 heterocycles. The molecule has 3 heteroatoms. The molecular formula is C15H19N3. The van der Waals surface area contributed by atoms with Gasteiger partial charge in [0.15, 0.2) is 0 Å². The molecule has 1 atom stereocenters. The van der Waals surface area contributed by atoms with Gasteiger partial charge in [0.25, 0.3) is 0 Å². The van der Waals surface area contributed by atoms with Gasteiger partial charge in [-0.25, -0.2) is 0 Å². The summed E-state index contributed by atoms with van der Waals surface area (Å²) >= 11 is 0. The number of nitrogens with zero attached hydrogens (tertiary/aromatic N) is 1. The van der Waals surface area contributed by atoms with Crippen LogP contribution in [0.15, 0.2) is 30.5 Å². The van der Waals surface area contributed by atoms with Crippen LogP contribution in [-0.2, 0) is 0 Å². The van der Waals surface area contributed by atoms with Crippen molar-refractivity contribution in [1.29, 1.82) is 0 Å². The van der Waals surface area contributed by atoms with Crippen molar-refractivity contribution in [2.24, 2.45) is 0 Å². The second-order valence-electron chi connectivity index (χ2n) is 5.01. The van der Waals surface area contributed by atoms with Crippen molar-refractivity contribution < 1.29 is 0 Å². The largest absolute Gasteiger partial charge is 0.309 e. The van der Waals surface area contributed by atoms with E-state index in [2.05, 4.69) is 46.7 Å². The van der Waals surface area contributed by atoms with Crippen LogP contribution in [0.1, 0.15) is 36.6 Å². The first-order valence-electron chi connectivity index (χ1n) is 6.69. The van der Waals surface area contributed by atoms with E-state index in [4.69, 9.17) is 0 Å². The molecule has 3 nitrogen and oxygen atoms in total. The number of aromatic nitrogens is 2. The minimum Gasteiger partial charge on any atom is -0.309 e. The first kappa shape index (κ1) is 11.5. The molecule has 0 radical (unpaired) electrons. The lowest BCUT2D eigenvalue weighted by Gasteiger charge is -2.23. The first-order chi connectivity index (χ1) is 8.86. The van der Waals surface area contributed by atoms with E-state index >= 15 is 0 Å². The average Bonchev–Trinajstić information content (AvgIpc) is 2.89. The Morgan fingerprint density at radius 3 is 2.83 bits per heavy atom. The number of aryl methyl sites for hydroxylation is 1. The zero-order valence-electron chi connectivity index (χ0n) is 10.7. The Bertz CT molecular complexity index is 524. The zero-order valence-corrected chi connectivity index (χ0v) is 10.7. The summed E-state index contributed by atoms with van der Waals surface area (Å²) in [5, 5.41) is 11.0. The Morgan fingerprint density at radius 2 is 2.06 bits per heavy atom. The highest BCUT2D eigenvalue weighted by atomic mass is 15.1. The van der Waals surface area contributed by atoms with Crippen molar-refractivity contribution in [2.75, 3.05) is 6.54 Å². The van der Waals surface area contributed by atoms with E-state index < -0.39 is 0 Å². The number of hydrogen-bond acceptors (Lipinski definition) is 2. The van der Waals surface area contributed by atoms with Crippen molar-refractivity contribution in [1.82, 2.24) is 15.5 Å². The van der Waals surface area contributed by atoms with Crippen molar-refractivity contribution in [3.8, 4) is 11.1 Å². The molecule has 1 fully saturated rings. The van der Waals surface area contributed by atoms with Gasteiger partial charge in [-0.05, 0) is 37.4 Å². The van der Waals surface area contributed by atoms with Crippen LogP contribution in [0.2, 0.25) is 0 Å². The minimum absolute atomic E-state index is 0.427. The molecule has 0 saturated carbocycles. The fraction of sp³-hybridized carbons (Fsp3) is 0.400. The summed E-state index contributed by atoms with van der Waals surface area (Å²) in [6.45, 7) is 3.26. The number of hydrogen-bond donors (Lipinski definition) is 2. The number of piperidine rings is 1. The van der Waals surface area contributed by atoms with E-state index in [1.54, 1.807) is 0 Å². The Labute approximate surface area is 108 Å². The number of aromatic amines is 1. The molecule has 1 aromatic heterocycles.